The maximum atomic E-state index is 12.0. The van der Waals surface area contributed by atoms with Crippen LogP contribution in [0.25, 0.3) is 22.3 Å². The molecular weight excluding hydrogens is 322 g/mol. The van der Waals surface area contributed by atoms with E-state index in [4.69, 9.17) is 20.4 Å². The number of nitrogens with zero attached hydrogens (tertiary/aromatic N) is 3. The van der Waals surface area contributed by atoms with Crippen LogP contribution in [0.3, 0.4) is 0 Å². The molecular formula is C15H10ClN3O4. The lowest BCUT2D eigenvalue weighted by Crippen LogP contribution is -2.22. The van der Waals surface area contributed by atoms with Gasteiger partial charge in [-0.25, -0.2) is 14.6 Å². The van der Waals surface area contributed by atoms with Gasteiger partial charge in [-0.05, 0) is 24.3 Å². The zero-order valence-electron chi connectivity index (χ0n) is 11.7. The summed E-state index contributed by atoms with van der Waals surface area (Å²) in [4.78, 5) is 28.0. The molecule has 0 bridgehead atoms. The van der Waals surface area contributed by atoms with Crippen LogP contribution in [0.4, 0.5) is 0 Å². The van der Waals surface area contributed by atoms with E-state index in [2.05, 4.69) is 4.98 Å². The summed E-state index contributed by atoms with van der Waals surface area (Å²) in [5, 5.41) is 0.486. The van der Waals surface area contributed by atoms with Gasteiger partial charge in [0.05, 0.1) is 5.52 Å². The van der Waals surface area contributed by atoms with E-state index in [0.717, 1.165) is 0 Å². The minimum atomic E-state index is -0.511. The van der Waals surface area contributed by atoms with Crippen molar-refractivity contribution < 1.29 is 8.83 Å². The summed E-state index contributed by atoms with van der Waals surface area (Å²) in [6, 6.07) is 8.32. The standard InChI is InChI=1S/C15H10ClN3O4/c16-9-3-4-10-12(8-9)23-14(20)18(10)6-7-19-13-11(22-15(19)21)2-1-5-17-13/h1-5,8H,6-7H2. The topological polar surface area (TPSA) is 83.2 Å². The molecule has 1 aromatic carbocycles. The van der Waals surface area contributed by atoms with Crippen molar-refractivity contribution in [2.45, 2.75) is 13.1 Å². The number of halogens is 1. The van der Waals surface area contributed by atoms with Crippen LogP contribution < -0.4 is 11.5 Å². The molecule has 0 amide bonds. The lowest BCUT2D eigenvalue weighted by molar-refractivity contribution is 0.458. The number of fused-ring (bicyclic) bond motifs is 2. The quantitative estimate of drug-likeness (QED) is 0.575. The van der Waals surface area contributed by atoms with E-state index >= 15 is 0 Å². The fourth-order valence-electron chi connectivity index (χ4n) is 2.55. The van der Waals surface area contributed by atoms with Gasteiger partial charge in [0.2, 0.25) is 0 Å². The fraction of sp³-hybridized carbons (Fsp3) is 0.133. The average molecular weight is 332 g/mol. The molecule has 0 aliphatic heterocycles. The monoisotopic (exact) mass is 331 g/mol. The third-order valence-corrected chi connectivity index (χ3v) is 3.84. The van der Waals surface area contributed by atoms with Gasteiger partial charge in [0.25, 0.3) is 0 Å². The molecule has 8 heteroatoms. The number of oxazole rings is 2. The average Bonchev–Trinajstić information content (AvgIpc) is 3.00. The molecule has 0 N–H and O–H groups in total. The maximum absolute atomic E-state index is 12.0. The minimum absolute atomic E-state index is 0.236. The van der Waals surface area contributed by atoms with Crippen molar-refractivity contribution in [3.05, 3.63) is 62.7 Å². The van der Waals surface area contributed by atoms with Gasteiger partial charge < -0.3 is 8.83 Å². The summed E-state index contributed by atoms with van der Waals surface area (Å²) in [5.41, 5.74) is 1.88. The van der Waals surface area contributed by atoms with Gasteiger partial charge in [-0.2, -0.15) is 0 Å². The number of pyridine rings is 1. The van der Waals surface area contributed by atoms with Gasteiger partial charge in [-0.3, -0.25) is 9.13 Å². The van der Waals surface area contributed by atoms with Crippen molar-refractivity contribution in [2.75, 3.05) is 0 Å². The van der Waals surface area contributed by atoms with Crippen molar-refractivity contribution in [3.8, 4) is 0 Å². The zero-order chi connectivity index (χ0) is 16.0. The normalized spacial score (nSPS) is 11.5. The summed E-state index contributed by atoms with van der Waals surface area (Å²) < 4.78 is 13.1. The highest BCUT2D eigenvalue weighted by atomic mass is 35.5. The SMILES string of the molecule is O=c1oc2cc(Cl)ccc2n1CCn1c(=O)oc2cccnc21. The molecule has 7 nitrogen and oxygen atoms in total. The molecule has 0 saturated heterocycles. The molecule has 0 radical (unpaired) electrons. The van der Waals surface area contributed by atoms with Gasteiger partial charge in [0.15, 0.2) is 16.8 Å². The summed E-state index contributed by atoms with van der Waals surface area (Å²) >= 11 is 5.89. The largest absolute Gasteiger partial charge is 0.421 e. The van der Waals surface area contributed by atoms with Crippen LogP contribution in [0.1, 0.15) is 0 Å². The van der Waals surface area contributed by atoms with Gasteiger partial charge in [-0.1, -0.05) is 11.6 Å². The summed E-state index contributed by atoms with van der Waals surface area (Å²) in [6.07, 6.45) is 1.58. The minimum Gasteiger partial charge on any atom is -0.408 e. The highest BCUT2D eigenvalue weighted by Gasteiger charge is 2.13. The number of aryl methyl sites for hydroxylation is 2. The molecule has 0 atom stereocenters. The Kier molecular flexibility index (Phi) is 3.09. The second-order valence-corrected chi connectivity index (χ2v) is 5.41. The Hall–Kier alpha value is -2.80. The van der Waals surface area contributed by atoms with Crippen molar-refractivity contribution in [1.29, 1.82) is 0 Å². The third-order valence-electron chi connectivity index (χ3n) is 3.60. The van der Waals surface area contributed by atoms with Gasteiger partial charge in [-0.15, -0.1) is 0 Å². The molecule has 3 aromatic heterocycles. The molecule has 0 aliphatic rings. The Bertz CT molecular complexity index is 1130. The number of hydrogen-bond donors (Lipinski definition) is 0. The van der Waals surface area contributed by atoms with Crippen LogP contribution in [0.2, 0.25) is 5.02 Å². The molecule has 23 heavy (non-hydrogen) atoms. The Labute approximate surface area is 133 Å². The van der Waals surface area contributed by atoms with Crippen molar-refractivity contribution in [3.63, 3.8) is 0 Å². The van der Waals surface area contributed by atoms with Crippen LogP contribution in [-0.4, -0.2) is 14.1 Å². The highest BCUT2D eigenvalue weighted by molar-refractivity contribution is 6.31. The van der Waals surface area contributed by atoms with E-state index in [1.54, 1.807) is 36.5 Å². The van der Waals surface area contributed by atoms with Crippen molar-refractivity contribution in [1.82, 2.24) is 14.1 Å². The first-order valence-corrected chi connectivity index (χ1v) is 7.24. The van der Waals surface area contributed by atoms with Crippen molar-refractivity contribution >= 4 is 33.9 Å². The van der Waals surface area contributed by atoms with Gasteiger partial charge >= 0.3 is 11.5 Å². The first-order valence-electron chi connectivity index (χ1n) is 6.87. The molecule has 0 fully saturated rings. The second kappa shape index (κ2) is 5.13. The zero-order valence-corrected chi connectivity index (χ0v) is 12.5. The van der Waals surface area contributed by atoms with Gasteiger partial charge in [0, 0.05) is 30.4 Å². The summed E-state index contributed by atoms with van der Waals surface area (Å²) in [6.45, 7) is 0.485. The Morgan fingerprint density at radius 1 is 1.00 bits per heavy atom. The van der Waals surface area contributed by atoms with E-state index in [1.807, 2.05) is 0 Å². The number of benzene rings is 1. The van der Waals surface area contributed by atoms with Crippen LogP contribution in [0, 0.1) is 0 Å². The van der Waals surface area contributed by atoms with E-state index in [9.17, 15) is 9.59 Å². The van der Waals surface area contributed by atoms with Gasteiger partial charge in [0.1, 0.15) is 0 Å². The predicted molar refractivity (Wildman–Crippen MR) is 83.8 cm³/mol. The Morgan fingerprint density at radius 2 is 1.74 bits per heavy atom. The second-order valence-electron chi connectivity index (χ2n) is 4.98. The third kappa shape index (κ3) is 2.25. The lowest BCUT2D eigenvalue weighted by atomic mass is 10.3. The summed E-state index contributed by atoms with van der Waals surface area (Å²) in [5.74, 6) is -1.02. The van der Waals surface area contributed by atoms with E-state index < -0.39 is 11.5 Å². The number of aromatic nitrogens is 3. The molecule has 116 valence electrons. The molecule has 0 aliphatic carbocycles. The highest BCUT2D eigenvalue weighted by Crippen LogP contribution is 2.18. The molecule has 0 saturated carbocycles. The maximum Gasteiger partial charge on any atom is 0.421 e. The van der Waals surface area contributed by atoms with E-state index in [-0.39, 0.29) is 13.1 Å². The molecule has 0 spiro atoms. The first kappa shape index (κ1) is 13.8. The predicted octanol–water partition coefficient (Wildman–Crippen LogP) is 2.25. The lowest BCUT2D eigenvalue weighted by Gasteiger charge is -2.03. The number of hydrogen-bond acceptors (Lipinski definition) is 5. The van der Waals surface area contributed by atoms with Crippen molar-refractivity contribution in [2.24, 2.45) is 0 Å². The Balaban J connectivity index is 1.74. The van der Waals surface area contributed by atoms with Crippen LogP contribution in [0.15, 0.2) is 55.0 Å². The molecule has 0 unspecified atom stereocenters. The van der Waals surface area contributed by atoms with E-state index in [0.29, 0.717) is 27.4 Å². The Morgan fingerprint density at radius 3 is 2.61 bits per heavy atom. The molecule has 4 rings (SSSR count). The smallest absolute Gasteiger partial charge is 0.408 e. The molecule has 4 aromatic rings. The fourth-order valence-corrected chi connectivity index (χ4v) is 2.71. The number of rotatable bonds is 3. The first-order chi connectivity index (χ1) is 11.1. The molecule has 3 heterocycles. The van der Waals surface area contributed by atoms with Crippen LogP contribution in [-0.2, 0) is 13.1 Å². The summed E-state index contributed by atoms with van der Waals surface area (Å²) in [7, 11) is 0. The van der Waals surface area contributed by atoms with Crippen LogP contribution in [0.5, 0.6) is 0 Å². The van der Waals surface area contributed by atoms with E-state index in [1.165, 1.54) is 9.13 Å². The van der Waals surface area contributed by atoms with Crippen LogP contribution >= 0.6 is 11.6 Å².